The van der Waals surface area contributed by atoms with Gasteiger partial charge in [-0.3, -0.25) is 9.89 Å². The summed E-state index contributed by atoms with van der Waals surface area (Å²) in [5.74, 6) is 1.52. The minimum Gasteiger partial charge on any atom is -0.379 e. The predicted octanol–water partition coefficient (Wildman–Crippen LogP) is 1.21. The molecular weight excluding hydrogens is 288 g/mol. The zero-order valence-corrected chi connectivity index (χ0v) is 14.1. The second-order valence-corrected chi connectivity index (χ2v) is 6.20. The average molecular weight is 316 g/mol. The van der Waals surface area contributed by atoms with E-state index in [4.69, 9.17) is 9.73 Å². The third-order valence-corrected chi connectivity index (χ3v) is 4.60. The van der Waals surface area contributed by atoms with Crippen molar-refractivity contribution in [3.05, 3.63) is 35.4 Å². The summed E-state index contributed by atoms with van der Waals surface area (Å²) in [7, 11) is 0. The zero-order valence-electron chi connectivity index (χ0n) is 14.1. The van der Waals surface area contributed by atoms with Crippen LogP contribution in [0.5, 0.6) is 0 Å². The van der Waals surface area contributed by atoms with Gasteiger partial charge in [0.25, 0.3) is 0 Å². The first-order valence-corrected chi connectivity index (χ1v) is 8.77. The molecule has 2 aliphatic rings. The molecule has 1 atom stereocenters. The Bertz CT molecular complexity index is 526. The van der Waals surface area contributed by atoms with Crippen LogP contribution in [0.4, 0.5) is 0 Å². The average Bonchev–Trinajstić information content (AvgIpc) is 2.56. The fourth-order valence-corrected chi connectivity index (χ4v) is 3.23. The Labute approximate surface area is 139 Å². The highest BCUT2D eigenvalue weighted by Crippen LogP contribution is 2.34. The summed E-state index contributed by atoms with van der Waals surface area (Å²) in [5, 5.41) is 6.80. The van der Waals surface area contributed by atoms with Crippen LogP contribution >= 0.6 is 0 Å². The Balaban J connectivity index is 1.44. The lowest BCUT2D eigenvalue weighted by molar-refractivity contribution is 0.0389. The number of guanidine groups is 1. The molecule has 1 unspecified atom stereocenters. The van der Waals surface area contributed by atoms with Gasteiger partial charge in [-0.05, 0) is 24.5 Å². The first kappa shape index (κ1) is 16.3. The molecule has 0 radical (unpaired) electrons. The highest BCUT2D eigenvalue weighted by molar-refractivity contribution is 5.79. The molecule has 1 saturated heterocycles. The van der Waals surface area contributed by atoms with Crippen molar-refractivity contribution in [1.82, 2.24) is 15.5 Å². The Kier molecular flexibility index (Phi) is 5.88. The Hall–Kier alpha value is -1.59. The lowest BCUT2D eigenvalue weighted by Crippen LogP contribution is -2.44. The van der Waals surface area contributed by atoms with Gasteiger partial charge in [-0.1, -0.05) is 24.3 Å². The topological polar surface area (TPSA) is 48.9 Å². The summed E-state index contributed by atoms with van der Waals surface area (Å²) in [6.07, 6.45) is 1.16. The van der Waals surface area contributed by atoms with Crippen LogP contribution in [0.1, 0.15) is 24.0 Å². The molecule has 2 N–H and O–H groups in total. The fraction of sp³-hybridized carbons (Fsp3) is 0.611. The first-order valence-electron chi connectivity index (χ1n) is 8.77. The molecule has 0 amide bonds. The quantitative estimate of drug-likeness (QED) is 0.612. The molecule has 1 heterocycles. The van der Waals surface area contributed by atoms with Crippen LogP contribution in [0.2, 0.25) is 0 Å². The van der Waals surface area contributed by atoms with Crippen molar-refractivity contribution < 1.29 is 4.74 Å². The van der Waals surface area contributed by atoms with E-state index in [1.807, 2.05) is 0 Å². The van der Waals surface area contributed by atoms with Crippen molar-refractivity contribution in [2.75, 3.05) is 52.5 Å². The van der Waals surface area contributed by atoms with Gasteiger partial charge >= 0.3 is 0 Å². The molecule has 1 aliphatic carbocycles. The molecule has 1 aliphatic heterocycles. The monoisotopic (exact) mass is 316 g/mol. The Morgan fingerprint density at radius 3 is 2.87 bits per heavy atom. The van der Waals surface area contributed by atoms with E-state index < -0.39 is 0 Å². The molecule has 0 bridgehead atoms. The van der Waals surface area contributed by atoms with E-state index in [-0.39, 0.29) is 0 Å². The SMILES string of the molecule is CCNC(=NCC1Cc2ccccc21)NCCN1CCOCC1. The summed E-state index contributed by atoms with van der Waals surface area (Å²) < 4.78 is 5.38. The van der Waals surface area contributed by atoms with Gasteiger partial charge in [-0.15, -0.1) is 0 Å². The van der Waals surface area contributed by atoms with Crippen molar-refractivity contribution in [2.24, 2.45) is 4.99 Å². The number of rotatable bonds is 6. The summed E-state index contributed by atoms with van der Waals surface area (Å²) >= 11 is 0. The normalized spacial score (nSPS) is 21.4. The number of nitrogens with one attached hydrogen (secondary N) is 2. The summed E-state index contributed by atoms with van der Waals surface area (Å²) in [5.41, 5.74) is 2.96. The molecule has 126 valence electrons. The second kappa shape index (κ2) is 8.31. The van der Waals surface area contributed by atoms with Gasteiger partial charge in [0, 0.05) is 45.2 Å². The maximum Gasteiger partial charge on any atom is 0.191 e. The third kappa shape index (κ3) is 4.45. The van der Waals surface area contributed by atoms with Crippen molar-refractivity contribution in [3.63, 3.8) is 0 Å². The van der Waals surface area contributed by atoms with Crippen LogP contribution < -0.4 is 10.6 Å². The van der Waals surface area contributed by atoms with E-state index in [0.717, 1.165) is 64.9 Å². The first-order chi connectivity index (χ1) is 11.4. The summed E-state index contributed by atoms with van der Waals surface area (Å²) in [6, 6.07) is 8.70. The number of aliphatic imine (C=N–C) groups is 1. The number of hydrogen-bond donors (Lipinski definition) is 2. The van der Waals surface area contributed by atoms with E-state index >= 15 is 0 Å². The van der Waals surface area contributed by atoms with Crippen LogP contribution in [-0.4, -0.2) is 63.3 Å². The molecule has 0 aromatic heterocycles. The van der Waals surface area contributed by atoms with Gasteiger partial charge in [-0.25, -0.2) is 0 Å². The number of morpholine rings is 1. The van der Waals surface area contributed by atoms with Gasteiger partial charge in [0.1, 0.15) is 0 Å². The minimum absolute atomic E-state index is 0.584. The van der Waals surface area contributed by atoms with E-state index in [1.165, 1.54) is 11.1 Å². The second-order valence-electron chi connectivity index (χ2n) is 6.20. The van der Waals surface area contributed by atoms with E-state index in [9.17, 15) is 0 Å². The van der Waals surface area contributed by atoms with Crippen LogP contribution in [0.3, 0.4) is 0 Å². The standard InChI is InChI=1S/C18H28N4O/c1-2-19-18(20-7-8-22-9-11-23-12-10-22)21-14-16-13-15-5-3-4-6-17(15)16/h3-6,16H,2,7-14H2,1H3,(H2,19,20,21). The van der Waals surface area contributed by atoms with Gasteiger partial charge in [0.15, 0.2) is 5.96 Å². The van der Waals surface area contributed by atoms with Gasteiger partial charge < -0.3 is 15.4 Å². The molecule has 0 saturated carbocycles. The van der Waals surface area contributed by atoms with E-state index in [1.54, 1.807) is 0 Å². The number of nitrogens with zero attached hydrogens (tertiary/aromatic N) is 2. The molecule has 3 rings (SSSR count). The summed E-state index contributed by atoms with van der Waals surface area (Å²) in [6.45, 7) is 9.62. The van der Waals surface area contributed by atoms with Gasteiger partial charge in [0.2, 0.25) is 0 Å². The zero-order chi connectivity index (χ0) is 15.9. The third-order valence-electron chi connectivity index (χ3n) is 4.60. The van der Waals surface area contributed by atoms with Crippen LogP contribution in [0, 0.1) is 0 Å². The number of fused-ring (bicyclic) bond motifs is 1. The highest BCUT2D eigenvalue weighted by Gasteiger charge is 2.24. The number of ether oxygens (including phenoxy) is 1. The Morgan fingerprint density at radius 2 is 2.09 bits per heavy atom. The van der Waals surface area contributed by atoms with Crippen LogP contribution in [0.25, 0.3) is 0 Å². The molecule has 1 aromatic carbocycles. The lowest BCUT2D eigenvalue weighted by Gasteiger charge is -2.29. The molecule has 0 spiro atoms. The maximum atomic E-state index is 5.38. The molecule has 5 heteroatoms. The number of benzene rings is 1. The van der Waals surface area contributed by atoms with E-state index in [0.29, 0.717) is 5.92 Å². The largest absolute Gasteiger partial charge is 0.379 e. The van der Waals surface area contributed by atoms with Crippen molar-refractivity contribution >= 4 is 5.96 Å². The lowest BCUT2D eigenvalue weighted by atomic mass is 9.78. The number of hydrogen-bond acceptors (Lipinski definition) is 3. The highest BCUT2D eigenvalue weighted by atomic mass is 16.5. The fourth-order valence-electron chi connectivity index (χ4n) is 3.23. The molecular formula is C18H28N4O. The van der Waals surface area contributed by atoms with Crippen molar-refractivity contribution in [2.45, 2.75) is 19.3 Å². The van der Waals surface area contributed by atoms with Crippen LogP contribution in [-0.2, 0) is 11.2 Å². The smallest absolute Gasteiger partial charge is 0.191 e. The Morgan fingerprint density at radius 1 is 1.26 bits per heavy atom. The van der Waals surface area contributed by atoms with Crippen LogP contribution in [0.15, 0.2) is 29.3 Å². The minimum atomic E-state index is 0.584. The molecule has 23 heavy (non-hydrogen) atoms. The summed E-state index contributed by atoms with van der Waals surface area (Å²) in [4.78, 5) is 7.20. The molecule has 1 fully saturated rings. The molecule has 5 nitrogen and oxygen atoms in total. The molecule has 1 aromatic rings. The van der Waals surface area contributed by atoms with Gasteiger partial charge in [0.05, 0.1) is 13.2 Å². The van der Waals surface area contributed by atoms with Crippen molar-refractivity contribution in [1.29, 1.82) is 0 Å². The van der Waals surface area contributed by atoms with Gasteiger partial charge in [-0.2, -0.15) is 0 Å². The van der Waals surface area contributed by atoms with Crippen molar-refractivity contribution in [3.8, 4) is 0 Å². The predicted molar refractivity (Wildman–Crippen MR) is 94.1 cm³/mol. The maximum absolute atomic E-state index is 5.38. The van der Waals surface area contributed by atoms with E-state index in [2.05, 4.69) is 46.7 Å².